The molecular weight excluding hydrogens is 324 g/mol. The molecule has 24 heavy (non-hydrogen) atoms. The molecular formula is C14H6N2O8. The minimum atomic E-state index is -1.27. The van der Waals surface area contributed by atoms with E-state index in [1.54, 1.807) is 0 Å². The van der Waals surface area contributed by atoms with Crippen LogP contribution in [0.3, 0.4) is 0 Å². The van der Waals surface area contributed by atoms with Gasteiger partial charge in [0.25, 0.3) is 0 Å². The largest absolute Gasteiger partial charge is 0.507 e. The normalized spacial score (nSPS) is 12.5. The molecule has 0 saturated carbocycles. The lowest BCUT2D eigenvalue weighted by molar-refractivity contribution is -0.423. The van der Waals surface area contributed by atoms with E-state index in [1.165, 1.54) is 12.1 Å². The zero-order valence-electron chi connectivity index (χ0n) is 11.5. The maximum atomic E-state index is 12.5. The third-order valence-corrected chi connectivity index (χ3v) is 3.61. The Balaban J connectivity index is 2.48. The van der Waals surface area contributed by atoms with Gasteiger partial charge in [0, 0.05) is 11.1 Å². The van der Waals surface area contributed by atoms with Crippen molar-refractivity contribution in [1.82, 2.24) is 0 Å². The van der Waals surface area contributed by atoms with Crippen LogP contribution in [0.2, 0.25) is 0 Å². The average Bonchev–Trinajstić information content (AvgIpc) is 2.50. The van der Waals surface area contributed by atoms with Crippen LogP contribution in [-0.2, 0) is 0 Å². The van der Waals surface area contributed by atoms with Gasteiger partial charge >= 0.3 is 11.4 Å². The van der Waals surface area contributed by atoms with Gasteiger partial charge in [0.15, 0.2) is 5.78 Å². The third kappa shape index (κ3) is 1.83. The molecule has 3 rings (SSSR count). The first-order valence-corrected chi connectivity index (χ1v) is 6.35. The zero-order chi connectivity index (χ0) is 17.8. The number of hydrogen-bond donors (Lipinski definition) is 2. The van der Waals surface area contributed by atoms with Crippen LogP contribution >= 0.6 is 0 Å². The summed E-state index contributed by atoms with van der Waals surface area (Å²) >= 11 is 0. The lowest BCUT2D eigenvalue weighted by atomic mass is 9.82. The number of benzene rings is 2. The fourth-order valence-corrected chi connectivity index (χ4v) is 2.65. The summed E-state index contributed by atoms with van der Waals surface area (Å²) in [6, 6.07) is 4.19. The number of hydrogen-bond acceptors (Lipinski definition) is 8. The van der Waals surface area contributed by atoms with E-state index in [-0.39, 0.29) is 11.1 Å². The van der Waals surface area contributed by atoms with Crippen molar-refractivity contribution in [2.75, 3.05) is 0 Å². The molecule has 120 valence electrons. The van der Waals surface area contributed by atoms with Crippen molar-refractivity contribution in [3.8, 4) is 11.5 Å². The average molecular weight is 330 g/mol. The van der Waals surface area contributed by atoms with Crippen molar-refractivity contribution < 1.29 is 29.6 Å². The fourth-order valence-electron chi connectivity index (χ4n) is 2.65. The van der Waals surface area contributed by atoms with Crippen molar-refractivity contribution in [2.24, 2.45) is 0 Å². The van der Waals surface area contributed by atoms with Gasteiger partial charge in [-0.05, 0) is 12.1 Å². The molecule has 10 nitrogen and oxygen atoms in total. The van der Waals surface area contributed by atoms with E-state index in [4.69, 9.17) is 0 Å². The predicted octanol–water partition coefficient (Wildman–Crippen LogP) is 1.69. The van der Waals surface area contributed by atoms with E-state index in [0.29, 0.717) is 6.07 Å². The van der Waals surface area contributed by atoms with E-state index in [9.17, 15) is 40.0 Å². The summed E-state index contributed by atoms with van der Waals surface area (Å²) in [6.07, 6.45) is 0. The summed E-state index contributed by atoms with van der Waals surface area (Å²) < 4.78 is 0. The zero-order valence-corrected chi connectivity index (χ0v) is 11.5. The van der Waals surface area contributed by atoms with Crippen LogP contribution in [0.15, 0.2) is 24.3 Å². The van der Waals surface area contributed by atoms with Crippen LogP contribution in [0.1, 0.15) is 31.8 Å². The second kappa shape index (κ2) is 4.84. The van der Waals surface area contributed by atoms with Gasteiger partial charge in [-0.2, -0.15) is 0 Å². The quantitative estimate of drug-likeness (QED) is 0.530. The van der Waals surface area contributed by atoms with Crippen LogP contribution in [0.4, 0.5) is 11.4 Å². The molecule has 10 heteroatoms. The highest BCUT2D eigenvalue weighted by Crippen LogP contribution is 2.45. The number of phenolic OH excluding ortho intramolecular Hbond substituents is 2. The molecule has 2 N–H and O–H groups in total. The van der Waals surface area contributed by atoms with E-state index >= 15 is 0 Å². The van der Waals surface area contributed by atoms with Crippen molar-refractivity contribution in [2.45, 2.75) is 0 Å². The molecule has 0 bridgehead atoms. The van der Waals surface area contributed by atoms with Crippen LogP contribution < -0.4 is 0 Å². The number of ketones is 2. The Morgan fingerprint density at radius 3 is 1.96 bits per heavy atom. The molecule has 0 spiro atoms. The van der Waals surface area contributed by atoms with E-state index in [0.717, 1.165) is 6.07 Å². The van der Waals surface area contributed by atoms with Gasteiger partial charge in [0.05, 0.1) is 15.4 Å². The van der Waals surface area contributed by atoms with E-state index in [2.05, 4.69) is 0 Å². The van der Waals surface area contributed by atoms with Gasteiger partial charge in [-0.3, -0.25) is 29.8 Å². The fraction of sp³-hybridized carbons (Fsp3) is 0. The van der Waals surface area contributed by atoms with Crippen LogP contribution in [0.25, 0.3) is 0 Å². The first-order chi connectivity index (χ1) is 11.3. The number of aromatic hydroxyl groups is 2. The summed E-state index contributed by atoms with van der Waals surface area (Å²) in [6.45, 7) is 0. The van der Waals surface area contributed by atoms with Gasteiger partial charge in [-0.15, -0.1) is 0 Å². The van der Waals surface area contributed by atoms with Crippen LogP contribution in [0.5, 0.6) is 11.5 Å². The summed E-state index contributed by atoms with van der Waals surface area (Å²) in [5.74, 6) is -3.61. The number of phenols is 2. The molecule has 0 unspecified atom stereocenters. The lowest BCUT2D eigenvalue weighted by Crippen LogP contribution is -2.23. The number of nitro benzene ring substituents is 2. The van der Waals surface area contributed by atoms with Crippen molar-refractivity contribution in [3.63, 3.8) is 0 Å². The Hall–Kier alpha value is -3.82. The SMILES string of the molecule is O=C1c2cc(O)c([N+](=O)[O-])c([N+](=O)[O-])c2C(=O)c2cccc(O)c21. The predicted molar refractivity (Wildman–Crippen MR) is 76.4 cm³/mol. The number of carbonyl (C=O) groups is 2. The van der Waals surface area contributed by atoms with Crippen molar-refractivity contribution in [3.05, 3.63) is 66.7 Å². The number of fused-ring (bicyclic) bond motifs is 2. The molecule has 1 aliphatic rings. The summed E-state index contributed by atoms with van der Waals surface area (Å²) in [5, 5.41) is 41.8. The topological polar surface area (TPSA) is 161 Å². The Labute approximate surface area is 131 Å². The molecule has 0 amide bonds. The van der Waals surface area contributed by atoms with Gasteiger partial charge in [-0.25, -0.2) is 0 Å². The number of rotatable bonds is 2. The Morgan fingerprint density at radius 1 is 0.792 bits per heavy atom. The molecule has 0 heterocycles. The summed E-state index contributed by atoms with van der Waals surface area (Å²) in [7, 11) is 0. The number of nitrogens with zero attached hydrogens (tertiary/aromatic N) is 2. The Kier molecular flexibility index (Phi) is 3.04. The standard InChI is InChI=1S/C14H6N2O8/c17-7-3-1-2-5-9(7)14(20)6-4-8(18)11(15(21)22)12(16(23)24)10(6)13(5)19/h1-4,17-18H. The lowest BCUT2D eigenvalue weighted by Gasteiger charge is -2.18. The number of carbonyl (C=O) groups excluding carboxylic acids is 2. The Morgan fingerprint density at radius 2 is 1.38 bits per heavy atom. The van der Waals surface area contributed by atoms with Crippen LogP contribution in [-0.4, -0.2) is 31.6 Å². The molecule has 0 saturated heterocycles. The molecule has 0 atom stereocenters. The Bertz CT molecular complexity index is 979. The first-order valence-electron chi connectivity index (χ1n) is 6.35. The van der Waals surface area contributed by atoms with Crippen molar-refractivity contribution in [1.29, 1.82) is 0 Å². The summed E-state index contributed by atoms with van der Waals surface area (Å²) in [5.41, 5.74) is -4.59. The highest BCUT2D eigenvalue weighted by atomic mass is 16.6. The second-order valence-electron chi connectivity index (χ2n) is 4.89. The van der Waals surface area contributed by atoms with Gasteiger partial charge < -0.3 is 10.2 Å². The van der Waals surface area contributed by atoms with Gasteiger partial charge in [-0.1, -0.05) is 12.1 Å². The minimum absolute atomic E-state index is 0.310. The first kappa shape index (κ1) is 15.1. The van der Waals surface area contributed by atoms with Crippen LogP contribution in [0, 0.1) is 20.2 Å². The second-order valence-corrected chi connectivity index (χ2v) is 4.89. The molecule has 2 aromatic carbocycles. The van der Waals surface area contributed by atoms with Gasteiger partial charge in [0.2, 0.25) is 11.5 Å². The highest BCUT2D eigenvalue weighted by Gasteiger charge is 2.44. The summed E-state index contributed by atoms with van der Waals surface area (Å²) in [4.78, 5) is 44.9. The molecule has 0 aliphatic heterocycles. The number of nitro groups is 2. The molecule has 2 aromatic rings. The molecule has 0 aromatic heterocycles. The monoisotopic (exact) mass is 330 g/mol. The molecule has 1 aliphatic carbocycles. The van der Waals surface area contributed by atoms with E-state index < -0.39 is 55.4 Å². The van der Waals surface area contributed by atoms with Crippen molar-refractivity contribution >= 4 is 22.9 Å². The van der Waals surface area contributed by atoms with E-state index in [1.807, 2.05) is 0 Å². The highest BCUT2D eigenvalue weighted by molar-refractivity contribution is 6.31. The minimum Gasteiger partial charge on any atom is -0.507 e. The molecule has 0 radical (unpaired) electrons. The maximum Gasteiger partial charge on any atom is 0.387 e. The third-order valence-electron chi connectivity index (χ3n) is 3.61. The molecule has 0 fully saturated rings. The smallest absolute Gasteiger partial charge is 0.387 e. The maximum absolute atomic E-state index is 12.5. The van der Waals surface area contributed by atoms with Gasteiger partial charge in [0.1, 0.15) is 11.3 Å².